The summed E-state index contributed by atoms with van der Waals surface area (Å²) in [6.45, 7) is 6.55. The first kappa shape index (κ1) is 31.5. The molecule has 2 heterocycles. The van der Waals surface area contributed by atoms with E-state index in [4.69, 9.17) is 4.74 Å². The second-order valence-electron chi connectivity index (χ2n) is 11.4. The van der Waals surface area contributed by atoms with Gasteiger partial charge in [0.15, 0.2) is 4.34 Å². The lowest BCUT2D eigenvalue weighted by atomic mass is 9.93. The number of carbonyl (C=O) groups excluding carboxylic acids is 2. The molecule has 1 amide bonds. The third kappa shape index (κ3) is 6.43. The fourth-order valence-corrected chi connectivity index (χ4v) is 7.56. The minimum Gasteiger partial charge on any atom is -0.507 e. The number of ketones is 1. The minimum atomic E-state index is -0.891. The predicted octanol–water partition coefficient (Wildman–Crippen LogP) is 8.80. The first-order chi connectivity index (χ1) is 22.4. The van der Waals surface area contributed by atoms with Crippen LogP contribution in [0.1, 0.15) is 60.0 Å². The second-order valence-corrected chi connectivity index (χ2v) is 13.6. The normalized spacial score (nSPS) is 16.0. The van der Waals surface area contributed by atoms with E-state index in [1.165, 1.54) is 44.3 Å². The van der Waals surface area contributed by atoms with Crippen LogP contribution >= 0.6 is 23.1 Å². The summed E-state index contributed by atoms with van der Waals surface area (Å²) in [5.41, 5.74) is 4.10. The molecule has 1 atom stereocenters. The van der Waals surface area contributed by atoms with Crippen molar-refractivity contribution in [2.75, 3.05) is 11.5 Å². The van der Waals surface area contributed by atoms with Gasteiger partial charge in [-0.05, 0) is 65.9 Å². The van der Waals surface area contributed by atoms with Crippen molar-refractivity contribution < 1.29 is 19.4 Å². The number of amides is 1. The molecule has 1 saturated heterocycles. The molecule has 234 valence electrons. The number of Topliss-reactive ketones (excluding diaryl/α,β-unsaturated/α-hetero) is 1. The highest BCUT2D eigenvalue weighted by Crippen LogP contribution is 2.44. The van der Waals surface area contributed by atoms with Gasteiger partial charge in [0.1, 0.15) is 11.5 Å². The SMILES string of the molecule is CCCCCOc1ccc(C2C(=C(O)c3cc(C)ccc3C)C(=O)C(=O)N2c2nnc(SCc3cccc4ccccc34)s2)cc1. The Kier molecular flexibility index (Phi) is 9.51. The molecule has 1 aliphatic heterocycles. The second kappa shape index (κ2) is 13.9. The van der Waals surface area contributed by atoms with E-state index < -0.39 is 17.7 Å². The molecule has 0 aliphatic carbocycles. The number of benzene rings is 4. The molecule has 6 rings (SSSR count). The first-order valence-corrected chi connectivity index (χ1v) is 17.2. The molecule has 1 unspecified atom stereocenters. The van der Waals surface area contributed by atoms with Gasteiger partial charge in [-0.2, -0.15) is 0 Å². The molecule has 4 aromatic carbocycles. The van der Waals surface area contributed by atoms with E-state index in [0.29, 0.717) is 38.7 Å². The van der Waals surface area contributed by atoms with E-state index in [1.54, 1.807) is 0 Å². The summed E-state index contributed by atoms with van der Waals surface area (Å²) in [6, 6.07) is 26.6. The Labute approximate surface area is 276 Å². The lowest BCUT2D eigenvalue weighted by Crippen LogP contribution is -2.29. The van der Waals surface area contributed by atoms with Crippen molar-refractivity contribution in [2.24, 2.45) is 0 Å². The number of unbranched alkanes of at least 4 members (excludes halogenated alkanes) is 2. The average Bonchev–Trinajstić information content (AvgIpc) is 3.64. The van der Waals surface area contributed by atoms with Gasteiger partial charge in [0, 0.05) is 11.3 Å². The van der Waals surface area contributed by atoms with Crippen molar-refractivity contribution in [1.82, 2.24) is 10.2 Å². The molecule has 1 aromatic heterocycles. The molecular formula is C37H35N3O4S2. The molecule has 9 heteroatoms. The number of nitrogens with zero attached hydrogens (tertiary/aromatic N) is 3. The maximum Gasteiger partial charge on any atom is 0.301 e. The summed E-state index contributed by atoms with van der Waals surface area (Å²) in [5.74, 6) is -0.344. The third-order valence-electron chi connectivity index (χ3n) is 8.14. The van der Waals surface area contributed by atoms with Gasteiger partial charge in [0.25, 0.3) is 5.78 Å². The lowest BCUT2D eigenvalue weighted by Gasteiger charge is -2.23. The van der Waals surface area contributed by atoms with Crippen LogP contribution in [0.15, 0.2) is 94.8 Å². The Bertz CT molecular complexity index is 1930. The summed E-state index contributed by atoms with van der Waals surface area (Å²) in [7, 11) is 0. The summed E-state index contributed by atoms with van der Waals surface area (Å²) in [5, 5.41) is 23.1. The van der Waals surface area contributed by atoms with E-state index in [-0.39, 0.29) is 11.3 Å². The van der Waals surface area contributed by atoms with Gasteiger partial charge in [0.2, 0.25) is 5.13 Å². The standard InChI is InChI=1S/C37H35N3O4S2/c1-4-5-8-20-44-28-18-16-26(17-19-28)32-31(33(41)30-21-23(2)14-15-24(30)3)34(42)35(43)40(32)36-38-39-37(46-36)45-22-27-12-9-11-25-10-6-7-13-29(25)27/h6-7,9-19,21,32,41H,4-5,8,20,22H2,1-3H3. The molecule has 0 spiro atoms. The molecule has 1 aliphatic rings. The number of aliphatic hydroxyl groups excluding tert-OH is 1. The maximum atomic E-state index is 13.7. The Morgan fingerprint density at radius 1 is 0.957 bits per heavy atom. The molecule has 0 saturated carbocycles. The average molecular weight is 650 g/mol. The zero-order valence-electron chi connectivity index (χ0n) is 26.0. The van der Waals surface area contributed by atoms with E-state index in [9.17, 15) is 14.7 Å². The van der Waals surface area contributed by atoms with Crippen LogP contribution in [0.2, 0.25) is 0 Å². The zero-order valence-corrected chi connectivity index (χ0v) is 27.7. The first-order valence-electron chi connectivity index (χ1n) is 15.4. The molecule has 0 radical (unpaired) electrons. The number of fused-ring (bicyclic) bond motifs is 1. The fraction of sp³-hybridized carbons (Fsp3) is 0.243. The van der Waals surface area contributed by atoms with Gasteiger partial charge in [-0.1, -0.05) is 115 Å². The fourth-order valence-electron chi connectivity index (χ4n) is 5.69. The summed E-state index contributed by atoms with van der Waals surface area (Å²) in [6.07, 6.45) is 3.16. The van der Waals surface area contributed by atoms with Gasteiger partial charge in [-0.3, -0.25) is 14.5 Å². The molecule has 1 fully saturated rings. The number of ether oxygens (including phenoxy) is 1. The summed E-state index contributed by atoms with van der Waals surface area (Å²) < 4.78 is 6.59. The Balaban J connectivity index is 1.35. The Morgan fingerprint density at radius 2 is 1.74 bits per heavy atom. The van der Waals surface area contributed by atoms with Gasteiger partial charge in [0.05, 0.1) is 18.2 Å². The van der Waals surface area contributed by atoms with Crippen molar-refractivity contribution in [2.45, 2.75) is 56.2 Å². The minimum absolute atomic E-state index is 0.0236. The number of thioether (sulfide) groups is 1. The largest absolute Gasteiger partial charge is 0.507 e. The Morgan fingerprint density at radius 3 is 2.54 bits per heavy atom. The quantitative estimate of drug-likeness (QED) is 0.0382. The van der Waals surface area contributed by atoms with E-state index >= 15 is 0 Å². The van der Waals surface area contributed by atoms with Gasteiger partial charge in [-0.15, -0.1) is 10.2 Å². The van der Waals surface area contributed by atoms with E-state index in [2.05, 4.69) is 41.4 Å². The number of aryl methyl sites for hydroxylation is 2. The molecule has 7 nitrogen and oxygen atoms in total. The van der Waals surface area contributed by atoms with Crippen molar-refractivity contribution >= 4 is 56.5 Å². The highest BCUT2D eigenvalue weighted by molar-refractivity contribution is 8.00. The summed E-state index contributed by atoms with van der Waals surface area (Å²) >= 11 is 2.79. The van der Waals surface area contributed by atoms with Crippen LogP contribution in [0.4, 0.5) is 5.13 Å². The molecule has 5 aromatic rings. The van der Waals surface area contributed by atoms with Crippen LogP contribution in [0.5, 0.6) is 5.75 Å². The van der Waals surface area contributed by atoms with Crippen LogP contribution in [0.25, 0.3) is 16.5 Å². The number of anilines is 1. The monoisotopic (exact) mass is 649 g/mol. The molecule has 46 heavy (non-hydrogen) atoms. The molecule has 1 N–H and O–H groups in total. The van der Waals surface area contributed by atoms with Crippen molar-refractivity contribution in [3.8, 4) is 5.75 Å². The Hall–Kier alpha value is -4.47. The number of carbonyl (C=O) groups is 2. The van der Waals surface area contributed by atoms with Crippen LogP contribution in [-0.4, -0.2) is 33.6 Å². The third-order valence-corrected chi connectivity index (χ3v) is 10.2. The number of aliphatic hydroxyl groups is 1. The van der Waals surface area contributed by atoms with Crippen LogP contribution < -0.4 is 9.64 Å². The highest BCUT2D eigenvalue weighted by Gasteiger charge is 2.48. The van der Waals surface area contributed by atoms with Gasteiger partial charge >= 0.3 is 5.91 Å². The predicted molar refractivity (Wildman–Crippen MR) is 186 cm³/mol. The van der Waals surface area contributed by atoms with E-state index in [0.717, 1.165) is 30.4 Å². The van der Waals surface area contributed by atoms with Crippen LogP contribution in [0, 0.1) is 13.8 Å². The van der Waals surface area contributed by atoms with Crippen molar-refractivity contribution in [3.63, 3.8) is 0 Å². The number of aromatic nitrogens is 2. The zero-order chi connectivity index (χ0) is 32.2. The van der Waals surface area contributed by atoms with Gasteiger partial charge < -0.3 is 9.84 Å². The van der Waals surface area contributed by atoms with Gasteiger partial charge in [-0.25, -0.2) is 0 Å². The van der Waals surface area contributed by atoms with Crippen LogP contribution in [-0.2, 0) is 15.3 Å². The molecule has 0 bridgehead atoms. The highest BCUT2D eigenvalue weighted by atomic mass is 32.2. The maximum absolute atomic E-state index is 13.7. The summed E-state index contributed by atoms with van der Waals surface area (Å²) in [4.78, 5) is 28.8. The molecular weight excluding hydrogens is 615 g/mol. The van der Waals surface area contributed by atoms with Crippen molar-refractivity contribution in [3.05, 3.63) is 118 Å². The van der Waals surface area contributed by atoms with E-state index in [1.807, 2.05) is 74.5 Å². The topological polar surface area (TPSA) is 92.6 Å². The number of hydrogen-bond acceptors (Lipinski definition) is 8. The van der Waals surface area contributed by atoms with Crippen LogP contribution in [0.3, 0.4) is 0 Å². The van der Waals surface area contributed by atoms with Crippen molar-refractivity contribution in [1.29, 1.82) is 0 Å². The number of hydrogen-bond donors (Lipinski definition) is 1. The number of rotatable bonds is 11. The lowest BCUT2D eigenvalue weighted by molar-refractivity contribution is -0.132. The smallest absolute Gasteiger partial charge is 0.301 e.